The Morgan fingerprint density at radius 3 is 2.69 bits per heavy atom. The van der Waals surface area contributed by atoms with Crippen molar-refractivity contribution in [3.05, 3.63) is 66.0 Å². The summed E-state index contributed by atoms with van der Waals surface area (Å²) in [7, 11) is -3.60. The van der Waals surface area contributed by atoms with E-state index in [1.54, 1.807) is 30.7 Å². The molecule has 1 aliphatic heterocycles. The van der Waals surface area contributed by atoms with Crippen molar-refractivity contribution < 1.29 is 12.8 Å². The Balaban J connectivity index is 1.53. The normalized spacial score (nSPS) is 17.9. The number of halogens is 1. The number of furan rings is 1. The Hall–Kier alpha value is -2.68. The molecular formula is C20H17ClN4O3S. The number of hydrogen-bond donors (Lipinski definition) is 0. The van der Waals surface area contributed by atoms with Gasteiger partial charge in [-0.2, -0.15) is 4.31 Å². The summed E-state index contributed by atoms with van der Waals surface area (Å²) in [5.74, 6) is 1.28. The zero-order valence-corrected chi connectivity index (χ0v) is 16.8. The lowest BCUT2D eigenvalue weighted by Gasteiger charge is -2.18. The van der Waals surface area contributed by atoms with Crippen molar-refractivity contribution in [2.24, 2.45) is 0 Å². The number of aromatic nitrogens is 3. The van der Waals surface area contributed by atoms with Crippen LogP contribution in [0.4, 0.5) is 0 Å². The highest BCUT2D eigenvalue weighted by Crippen LogP contribution is 2.34. The molecule has 0 aliphatic carbocycles. The van der Waals surface area contributed by atoms with Gasteiger partial charge in [0.1, 0.15) is 5.52 Å². The average Bonchev–Trinajstić information content (AvgIpc) is 3.46. The molecule has 5 rings (SSSR count). The van der Waals surface area contributed by atoms with Gasteiger partial charge < -0.3 is 8.98 Å². The van der Waals surface area contributed by atoms with E-state index < -0.39 is 10.0 Å². The summed E-state index contributed by atoms with van der Waals surface area (Å²) >= 11 is 5.90. The molecule has 0 saturated carbocycles. The SMILES string of the molecule is O=S(=O)(c1ccc(Cl)cc1)N1CC[C@H](n2c(-c3ccco3)nc3cccnc32)C1. The molecule has 7 nitrogen and oxygen atoms in total. The Morgan fingerprint density at radius 1 is 1.10 bits per heavy atom. The third-order valence-corrected chi connectivity index (χ3v) is 7.26. The topological polar surface area (TPSA) is 81.2 Å². The number of benzene rings is 1. The fourth-order valence-corrected chi connectivity index (χ4v) is 5.37. The van der Waals surface area contributed by atoms with Crippen LogP contribution in [0.2, 0.25) is 5.02 Å². The average molecular weight is 429 g/mol. The van der Waals surface area contributed by atoms with Gasteiger partial charge in [0.2, 0.25) is 10.0 Å². The summed E-state index contributed by atoms with van der Waals surface area (Å²) in [6, 6.07) is 13.5. The molecule has 0 spiro atoms. The largest absolute Gasteiger partial charge is 0.461 e. The summed E-state index contributed by atoms with van der Waals surface area (Å²) in [5, 5.41) is 0.502. The highest BCUT2D eigenvalue weighted by atomic mass is 35.5. The molecule has 0 radical (unpaired) electrons. The Bertz CT molecular complexity index is 1270. The molecule has 0 bridgehead atoms. The van der Waals surface area contributed by atoms with Gasteiger partial charge in [0, 0.05) is 24.3 Å². The van der Waals surface area contributed by atoms with E-state index in [0.29, 0.717) is 36.1 Å². The zero-order valence-electron chi connectivity index (χ0n) is 15.3. The molecule has 29 heavy (non-hydrogen) atoms. The fourth-order valence-electron chi connectivity index (χ4n) is 3.75. The van der Waals surface area contributed by atoms with Crippen LogP contribution in [0.1, 0.15) is 12.5 Å². The van der Waals surface area contributed by atoms with Crippen LogP contribution in [0.3, 0.4) is 0 Å². The first kappa shape index (κ1) is 18.4. The third-order valence-electron chi connectivity index (χ3n) is 5.13. The van der Waals surface area contributed by atoms with Crippen molar-refractivity contribution in [1.82, 2.24) is 18.8 Å². The lowest BCUT2D eigenvalue weighted by Crippen LogP contribution is -2.29. The maximum atomic E-state index is 13.1. The molecule has 4 heterocycles. The van der Waals surface area contributed by atoms with Crippen LogP contribution in [-0.4, -0.2) is 40.3 Å². The molecule has 3 aromatic heterocycles. The van der Waals surface area contributed by atoms with Gasteiger partial charge in [0.05, 0.1) is 17.2 Å². The standard InChI is InChI=1S/C20H17ClN4O3S/c21-14-5-7-16(8-6-14)29(26,27)24-11-9-15(13-24)25-19-17(3-1-10-22-19)23-20(25)18-4-2-12-28-18/h1-8,10,12,15H,9,11,13H2/t15-/m0/s1. The van der Waals surface area contributed by atoms with Crippen molar-refractivity contribution in [1.29, 1.82) is 0 Å². The highest BCUT2D eigenvalue weighted by molar-refractivity contribution is 7.89. The molecular weight excluding hydrogens is 412 g/mol. The summed E-state index contributed by atoms with van der Waals surface area (Å²) < 4.78 is 35.2. The van der Waals surface area contributed by atoms with E-state index in [1.165, 1.54) is 16.4 Å². The molecule has 1 saturated heterocycles. The van der Waals surface area contributed by atoms with E-state index >= 15 is 0 Å². The van der Waals surface area contributed by atoms with Crippen molar-refractivity contribution >= 4 is 32.8 Å². The van der Waals surface area contributed by atoms with Gasteiger partial charge >= 0.3 is 0 Å². The van der Waals surface area contributed by atoms with Gasteiger partial charge in [-0.15, -0.1) is 0 Å². The van der Waals surface area contributed by atoms with Gasteiger partial charge in [-0.05, 0) is 55.0 Å². The molecule has 1 atom stereocenters. The second-order valence-electron chi connectivity index (χ2n) is 6.89. The summed E-state index contributed by atoms with van der Waals surface area (Å²) in [4.78, 5) is 9.40. The Labute approximate surface area is 172 Å². The molecule has 0 unspecified atom stereocenters. The first-order valence-electron chi connectivity index (χ1n) is 9.16. The van der Waals surface area contributed by atoms with E-state index in [2.05, 4.69) is 9.97 Å². The van der Waals surface area contributed by atoms with Crippen LogP contribution in [0, 0.1) is 0 Å². The maximum Gasteiger partial charge on any atom is 0.243 e. The summed E-state index contributed by atoms with van der Waals surface area (Å²) in [5.41, 5.74) is 1.47. The van der Waals surface area contributed by atoms with Gasteiger partial charge in [0.25, 0.3) is 0 Å². The first-order valence-corrected chi connectivity index (χ1v) is 11.0. The lowest BCUT2D eigenvalue weighted by molar-refractivity contribution is 0.453. The lowest BCUT2D eigenvalue weighted by atomic mass is 10.2. The first-order chi connectivity index (χ1) is 14.0. The molecule has 4 aromatic rings. The molecule has 1 aromatic carbocycles. The van der Waals surface area contributed by atoms with E-state index in [9.17, 15) is 8.42 Å². The minimum atomic E-state index is -3.60. The molecule has 9 heteroatoms. The molecule has 1 aliphatic rings. The van der Waals surface area contributed by atoms with Crippen LogP contribution >= 0.6 is 11.6 Å². The van der Waals surface area contributed by atoms with Crippen molar-refractivity contribution in [3.63, 3.8) is 0 Å². The molecule has 0 amide bonds. The number of imidazole rings is 1. The quantitative estimate of drug-likeness (QED) is 0.491. The second-order valence-corrected chi connectivity index (χ2v) is 9.26. The van der Waals surface area contributed by atoms with Crippen LogP contribution in [0.15, 0.2) is 70.3 Å². The van der Waals surface area contributed by atoms with Crippen molar-refractivity contribution in [2.75, 3.05) is 13.1 Å². The number of sulfonamides is 1. The van der Waals surface area contributed by atoms with Gasteiger partial charge in [0.15, 0.2) is 17.2 Å². The minimum absolute atomic E-state index is 0.0999. The predicted molar refractivity (Wildman–Crippen MR) is 109 cm³/mol. The second kappa shape index (κ2) is 6.98. The predicted octanol–water partition coefficient (Wildman–Crippen LogP) is 3.98. The maximum absolute atomic E-state index is 13.1. The summed E-state index contributed by atoms with van der Waals surface area (Å²) in [6.07, 6.45) is 3.96. The van der Waals surface area contributed by atoms with Crippen LogP contribution in [-0.2, 0) is 10.0 Å². The number of hydrogen-bond acceptors (Lipinski definition) is 5. The van der Waals surface area contributed by atoms with Gasteiger partial charge in [-0.3, -0.25) is 0 Å². The molecule has 148 valence electrons. The number of rotatable bonds is 4. The molecule has 0 N–H and O–H groups in total. The van der Waals surface area contributed by atoms with Crippen LogP contribution in [0.25, 0.3) is 22.7 Å². The highest BCUT2D eigenvalue weighted by Gasteiger charge is 2.35. The zero-order chi connectivity index (χ0) is 20.0. The number of pyridine rings is 1. The summed E-state index contributed by atoms with van der Waals surface area (Å²) in [6.45, 7) is 0.750. The van der Waals surface area contributed by atoms with Crippen molar-refractivity contribution in [2.45, 2.75) is 17.4 Å². The third kappa shape index (κ3) is 3.13. The van der Waals surface area contributed by atoms with Crippen LogP contribution in [0.5, 0.6) is 0 Å². The van der Waals surface area contributed by atoms with Crippen molar-refractivity contribution in [3.8, 4) is 11.6 Å². The monoisotopic (exact) mass is 428 g/mol. The van der Waals surface area contributed by atoms with E-state index in [4.69, 9.17) is 16.0 Å². The van der Waals surface area contributed by atoms with E-state index in [1.807, 2.05) is 22.8 Å². The van der Waals surface area contributed by atoms with Gasteiger partial charge in [-0.25, -0.2) is 18.4 Å². The van der Waals surface area contributed by atoms with Gasteiger partial charge in [-0.1, -0.05) is 11.6 Å². The van der Waals surface area contributed by atoms with E-state index in [0.717, 1.165) is 11.2 Å². The Morgan fingerprint density at radius 2 is 1.93 bits per heavy atom. The van der Waals surface area contributed by atoms with E-state index in [-0.39, 0.29) is 10.9 Å². The number of nitrogens with zero attached hydrogens (tertiary/aromatic N) is 4. The fraction of sp³-hybridized carbons (Fsp3) is 0.200. The molecule has 1 fully saturated rings. The Kier molecular flexibility index (Phi) is 4.42. The minimum Gasteiger partial charge on any atom is -0.461 e. The number of fused-ring (bicyclic) bond motifs is 1. The smallest absolute Gasteiger partial charge is 0.243 e. The van der Waals surface area contributed by atoms with Crippen LogP contribution < -0.4 is 0 Å².